The molecule has 6 nitrogen and oxygen atoms in total. The van der Waals surface area contributed by atoms with Gasteiger partial charge in [0.2, 0.25) is 0 Å². The number of hydrogen-bond acceptors (Lipinski definition) is 4. The maximum Gasteiger partial charge on any atom is 0.325 e. The van der Waals surface area contributed by atoms with E-state index < -0.39 is 5.60 Å². The highest BCUT2D eigenvalue weighted by Crippen LogP contribution is 2.22. The van der Waals surface area contributed by atoms with Crippen LogP contribution in [0, 0.1) is 0 Å². The number of ether oxygens (including phenoxy) is 2. The van der Waals surface area contributed by atoms with Crippen LogP contribution in [0.2, 0.25) is 0 Å². The Hall–Kier alpha value is -3.02. The third-order valence-corrected chi connectivity index (χ3v) is 3.39. The van der Waals surface area contributed by atoms with Gasteiger partial charge in [0.05, 0.1) is 11.3 Å². The number of nitrogens with two attached hydrogens (primary N) is 2. The van der Waals surface area contributed by atoms with Gasteiger partial charge in [-0.25, -0.2) is 0 Å². The zero-order valence-corrected chi connectivity index (χ0v) is 15.4. The molecule has 0 heterocycles. The number of benzene rings is 2. The topological polar surface area (TPSA) is 99.2 Å². The zero-order valence-electron chi connectivity index (χ0n) is 15.4. The molecule has 0 spiro atoms. The number of rotatable bonds is 7. The second-order valence-corrected chi connectivity index (χ2v) is 6.88. The summed E-state index contributed by atoms with van der Waals surface area (Å²) in [6.07, 6.45) is 0. The van der Waals surface area contributed by atoms with Crippen LogP contribution in [0.1, 0.15) is 31.9 Å². The number of esters is 1. The van der Waals surface area contributed by atoms with Crippen LogP contribution in [0.4, 0.5) is 5.69 Å². The third kappa shape index (κ3) is 6.12. The molecule has 0 fully saturated rings. The molecule has 26 heavy (non-hydrogen) atoms. The molecule has 0 bridgehead atoms. The maximum atomic E-state index is 11.9. The van der Waals surface area contributed by atoms with Crippen LogP contribution in [0.5, 0.6) is 5.75 Å². The standard InChI is InChI=1S/C20H25N3O3/c1-20(2,3)26-18(24)12-23-17-10-9-15(11-16(17)19(21)22)25-13-14-7-5-4-6-8-14/h4-11,23H,12-13H2,1-3H3,(H3,21,22)/p+1. The largest absolute Gasteiger partial charge is 0.489 e. The Bertz CT molecular complexity index is 768. The first-order valence-corrected chi connectivity index (χ1v) is 8.39. The minimum Gasteiger partial charge on any atom is -0.489 e. The summed E-state index contributed by atoms with van der Waals surface area (Å²) in [5.74, 6) is 0.422. The molecule has 2 aromatic rings. The molecule has 2 rings (SSSR count). The van der Waals surface area contributed by atoms with Crippen molar-refractivity contribution in [3.8, 4) is 5.75 Å². The lowest BCUT2D eigenvalue weighted by atomic mass is 10.1. The van der Waals surface area contributed by atoms with Crippen molar-refractivity contribution in [1.82, 2.24) is 0 Å². The van der Waals surface area contributed by atoms with Crippen LogP contribution in [0.15, 0.2) is 48.5 Å². The first-order valence-electron chi connectivity index (χ1n) is 8.39. The maximum absolute atomic E-state index is 11.9. The van der Waals surface area contributed by atoms with E-state index in [1.807, 2.05) is 51.1 Å². The van der Waals surface area contributed by atoms with Gasteiger partial charge in [-0.3, -0.25) is 15.9 Å². The van der Waals surface area contributed by atoms with Crippen LogP contribution in [-0.2, 0) is 16.1 Å². The molecule has 6 heteroatoms. The van der Waals surface area contributed by atoms with Gasteiger partial charge in [0, 0.05) is 0 Å². The van der Waals surface area contributed by atoms with Crippen LogP contribution >= 0.6 is 0 Å². The minimum atomic E-state index is -0.532. The summed E-state index contributed by atoms with van der Waals surface area (Å²) in [4.78, 5) is 11.9. The van der Waals surface area contributed by atoms with Crippen molar-refractivity contribution in [3.63, 3.8) is 0 Å². The molecule has 0 saturated carbocycles. The quantitative estimate of drug-likeness (QED) is 0.396. The molecule has 0 aliphatic rings. The molecule has 5 N–H and O–H groups in total. The van der Waals surface area contributed by atoms with Gasteiger partial charge < -0.3 is 14.8 Å². The van der Waals surface area contributed by atoms with Gasteiger partial charge in [-0.2, -0.15) is 0 Å². The van der Waals surface area contributed by atoms with Crippen molar-refractivity contribution in [3.05, 3.63) is 59.7 Å². The van der Waals surface area contributed by atoms with Crippen LogP contribution in [0.25, 0.3) is 0 Å². The van der Waals surface area contributed by atoms with Gasteiger partial charge in [-0.15, -0.1) is 0 Å². The Kier molecular flexibility index (Phi) is 6.22. The fourth-order valence-corrected chi connectivity index (χ4v) is 2.29. The van der Waals surface area contributed by atoms with Crippen molar-refractivity contribution in [2.45, 2.75) is 33.0 Å². The van der Waals surface area contributed by atoms with Crippen molar-refractivity contribution in [2.75, 3.05) is 11.9 Å². The van der Waals surface area contributed by atoms with Gasteiger partial charge in [-0.1, -0.05) is 30.3 Å². The fourth-order valence-electron chi connectivity index (χ4n) is 2.29. The number of anilines is 1. The summed E-state index contributed by atoms with van der Waals surface area (Å²) in [7, 11) is 0. The first-order chi connectivity index (χ1) is 12.2. The van der Waals surface area contributed by atoms with Gasteiger partial charge >= 0.3 is 5.97 Å². The van der Waals surface area contributed by atoms with E-state index in [1.165, 1.54) is 0 Å². The van der Waals surface area contributed by atoms with Crippen molar-refractivity contribution in [2.24, 2.45) is 5.73 Å². The summed E-state index contributed by atoms with van der Waals surface area (Å²) in [5.41, 5.74) is 7.53. The van der Waals surface area contributed by atoms with E-state index >= 15 is 0 Å². The van der Waals surface area contributed by atoms with E-state index in [2.05, 4.69) is 5.32 Å². The molecule has 0 saturated heterocycles. The number of amidine groups is 1. The molecule has 0 aliphatic heterocycles. The lowest BCUT2D eigenvalue weighted by molar-refractivity contribution is -0.152. The monoisotopic (exact) mass is 356 g/mol. The van der Waals surface area contributed by atoms with Crippen molar-refractivity contribution in [1.29, 1.82) is 0 Å². The molecule has 0 atom stereocenters. The van der Waals surface area contributed by atoms with Gasteiger partial charge in [0.1, 0.15) is 24.5 Å². The Labute approximate surface area is 153 Å². The van der Waals surface area contributed by atoms with E-state index in [0.717, 1.165) is 5.56 Å². The second kappa shape index (κ2) is 8.38. The molecular weight excluding hydrogens is 330 g/mol. The van der Waals surface area contributed by atoms with Crippen LogP contribution in [-0.4, -0.2) is 24.0 Å². The smallest absolute Gasteiger partial charge is 0.325 e. The van der Waals surface area contributed by atoms with E-state index in [0.29, 0.717) is 23.6 Å². The average molecular weight is 356 g/mol. The Morgan fingerprint density at radius 1 is 1.15 bits per heavy atom. The molecule has 2 aromatic carbocycles. The number of carbonyl (C=O) groups is 1. The van der Waals surface area contributed by atoms with Crippen LogP contribution in [0.3, 0.4) is 0 Å². The predicted molar refractivity (Wildman–Crippen MR) is 102 cm³/mol. The van der Waals surface area contributed by atoms with Gasteiger partial charge in [-0.05, 0) is 44.5 Å². The number of carbonyl (C=O) groups excluding carboxylic acids is 1. The SMILES string of the molecule is CC(C)(C)OC(=O)CNc1ccc(OCc2ccccc2)cc1C(N)=[NH2+]. The molecule has 0 unspecified atom stereocenters. The summed E-state index contributed by atoms with van der Waals surface area (Å²) in [6, 6.07) is 15.2. The molecule has 0 radical (unpaired) electrons. The molecule has 0 amide bonds. The number of hydrogen-bond donors (Lipinski definition) is 3. The van der Waals surface area contributed by atoms with E-state index in [4.69, 9.17) is 20.6 Å². The van der Waals surface area contributed by atoms with E-state index in [-0.39, 0.29) is 18.3 Å². The van der Waals surface area contributed by atoms with E-state index in [9.17, 15) is 4.79 Å². The third-order valence-electron chi connectivity index (χ3n) is 3.39. The number of nitrogens with one attached hydrogen (secondary N) is 1. The highest BCUT2D eigenvalue weighted by atomic mass is 16.6. The minimum absolute atomic E-state index is 0.0156. The summed E-state index contributed by atoms with van der Waals surface area (Å²) < 4.78 is 11.1. The predicted octanol–water partition coefficient (Wildman–Crippen LogP) is 1.48. The Balaban J connectivity index is 2.03. The second-order valence-electron chi connectivity index (χ2n) is 6.88. The molecular formula is C20H26N3O3+. The summed E-state index contributed by atoms with van der Waals surface area (Å²) >= 11 is 0. The zero-order chi connectivity index (χ0) is 19.2. The Morgan fingerprint density at radius 2 is 1.85 bits per heavy atom. The van der Waals surface area contributed by atoms with Crippen molar-refractivity contribution < 1.29 is 19.7 Å². The van der Waals surface area contributed by atoms with E-state index in [1.54, 1.807) is 18.2 Å². The first kappa shape index (κ1) is 19.3. The summed E-state index contributed by atoms with van der Waals surface area (Å²) in [6.45, 7) is 5.92. The Morgan fingerprint density at radius 3 is 2.46 bits per heavy atom. The molecule has 0 aromatic heterocycles. The van der Waals surface area contributed by atoms with Crippen molar-refractivity contribution >= 4 is 17.5 Å². The highest BCUT2D eigenvalue weighted by Gasteiger charge is 2.17. The normalized spacial score (nSPS) is 10.9. The lowest BCUT2D eigenvalue weighted by Gasteiger charge is -2.20. The molecule has 0 aliphatic carbocycles. The molecule has 138 valence electrons. The summed E-state index contributed by atoms with van der Waals surface area (Å²) in [5, 5.41) is 8.79. The highest BCUT2D eigenvalue weighted by molar-refractivity contribution is 5.99. The fraction of sp³-hybridized carbons (Fsp3) is 0.300. The average Bonchev–Trinajstić information content (AvgIpc) is 2.57. The van der Waals surface area contributed by atoms with Gasteiger partial charge in [0.15, 0.2) is 0 Å². The lowest BCUT2D eigenvalue weighted by Crippen LogP contribution is -2.46. The van der Waals surface area contributed by atoms with Gasteiger partial charge in [0.25, 0.3) is 5.84 Å². The van der Waals surface area contributed by atoms with Crippen LogP contribution < -0.4 is 21.2 Å².